The first-order valence-corrected chi connectivity index (χ1v) is 6.26. The summed E-state index contributed by atoms with van der Waals surface area (Å²) in [5, 5.41) is 9.04. The average molecular weight is 237 g/mol. The van der Waals surface area contributed by atoms with Gasteiger partial charge in [0.1, 0.15) is 0 Å². The van der Waals surface area contributed by atoms with Crippen molar-refractivity contribution in [1.29, 1.82) is 5.26 Å². The van der Waals surface area contributed by atoms with Gasteiger partial charge in [-0.1, -0.05) is 0 Å². The lowest BCUT2D eigenvalue weighted by atomic mass is 10.2. The molecule has 0 bridgehead atoms. The van der Waals surface area contributed by atoms with Crippen LogP contribution in [0.5, 0.6) is 0 Å². The highest BCUT2D eigenvalue weighted by Gasteiger charge is 2.34. The van der Waals surface area contributed by atoms with Crippen LogP contribution in [0.15, 0.2) is 0 Å². The molecule has 0 saturated carbocycles. The van der Waals surface area contributed by atoms with Crippen molar-refractivity contribution in [3.8, 4) is 6.07 Å². The van der Waals surface area contributed by atoms with Crippen molar-refractivity contribution in [2.45, 2.75) is 31.8 Å². The second kappa shape index (κ2) is 5.48. The van der Waals surface area contributed by atoms with Crippen LogP contribution in [0.3, 0.4) is 0 Å². The Kier molecular flexibility index (Phi) is 3.97. The maximum Gasteiger partial charge on any atom is 0.239 e. The molecule has 0 spiro atoms. The molecule has 94 valence electrons. The largest absolute Gasteiger partial charge is 0.378 e. The van der Waals surface area contributed by atoms with Gasteiger partial charge in [-0.2, -0.15) is 5.26 Å². The lowest BCUT2D eigenvalue weighted by Crippen LogP contribution is -2.51. The second-order valence-electron chi connectivity index (χ2n) is 4.64. The number of rotatable bonds is 2. The lowest BCUT2D eigenvalue weighted by Gasteiger charge is -2.33. The standard InChI is InChI=1S/C12H19N3O2/c1-10(15-4-2-3-11(15)9-13)12(16)14-5-7-17-8-6-14/h10-11H,2-8H2,1H3. The number of hydrogen-bond donors (Lipinski definition) is 0. The minimum absolute atomic E-state index is 0.0880. The zero-order valence-corrected chi connectivity index (χ0v) is 10.3. The monoisotopic (exact) mass is 237 g/mol. The van der Waals surface area contributed by atoms with Gasteiger partial charge in [-0.15, -0.1) is 0 Å². The molecule has 5 nitrogen and oxygen atoms in total. The van der Waals surface area contributed by atoms with Crippen LogP contribution in [0, 0.1) is 11.3 Å². The highest BCUT2D eigenvalue weighted by molar-refractivity contribution is 5.81. The first kappa shape index (κ1) is 12.3. The Morgan fingerprint density at radius 1 is 1.41 bits per heavy atom. The van der Waals surface area contributed by atoms with E-state index < -0.39 is 0 Å². The Balaban J connectivity index is 1.96. The van der Waals surface area contributed by atoms with Gasteiger partial charge in [0.25, 0.3) is 0 Å². The van der Waals surface area contributed by atoms with E-state index in [4.69, 9.17) is 10.00 Å². The van der Waals surface area contributed by atoms with E-state index in [1.165, 1.54) is 0 Å². The Labute approximate surface area is 102 Å². The molecule has 2 saturated heterocycles. The molecule has 2 heterocycles. The molecule has 2 aliphatic rings. The SMILES string of the molecule is CC(C(=O)N1CCOCC1)N1CCCC1C#N. The summed E-state index contributed by atoms with van der Waals surface area (Å²) in [7, 11) is 0. The quantitative estimate of drug-likeness (QED) is 0.689. The van der Waals surface area contributed by atoms with Gasteiger partial charge in [-0.05, 0) is 19.8 Å². The van der Waals surface area contributed by atoms with Crippen LogP contribution < -0.4 is 0 Å². The third kappa shape index (κ3) is 2.59. The van der Waals surface area contributed by atoms with Gasteiger partial charge in [0.05, 0.1) is 31.4 Å². The summed E-state index contributed by atoms with van der Waals surface area (Å²) >= 11 is 0. The van der Waals surface area contributed by atoms with Crippen LogP contribution in [-0.2, 0) is 9.53 Å². The number of carbonyl (C=O) groups excluding carboxylic acids is 1. The Morgan fingerprint density at radius 3 is 2.76 bits per heavy atom. The fraction of sp³-hybridized carbons (Fsp3) is 0.833. The Hall–Kier alpha value is -1.12. The van der Waals surface area contributed by atoms with Crippen molar-refractivity contribution < 1.29 is 9.53 Å². The van der Waals surface area contributed by atoms with Crippen molar-refractivity contribution in [3.05, 3.63) is 0 Å². The van der Waals surface area contributed by atoms with Crippen LogP contribution in [-0.4, -0.2) is 60.6 Å². The van der Waals surface area contributed by atoms with Gasteiger partial charge in [0.2, 0.25) is 5.91 Å². The normalized spacial score (nSPS) is 27.8. The topological polar surface area (TPSA) is 56.6 Å². The summed E-state index contributed by atoms with van der Waals surface area (Å²) in [6, 6.07) is 2.01. The fourth-order valence-electron chi connectivity index (χ4n) is 2.58. The summed E-state index contributed by atoms with van der Waals surface area (Å²) in [6.45, 7) is 5.37. The first-order chi connectivity index (χ1) is 8.24. The van der Waals surface area contributed by atoms with E-state index in [0.717, 1.165) is 19.4 Å². The molecule has 0 aromatic carbocycles. The molecule has 2 unspecified atom stereocenters. The number of carbonyl (C=O) groups is 1. The molecular weight excluding hydrogens is 218 g/mol. The highest BCUT2D eigenvalue weighted by Crippen LogP contribution is 2.20. The summed E-state index contributed by atoms with van der Waals surface area (Å²) in [5.41, 5.74) is 0. The molecule has 5 heteroatoms. The minimum atomic E-state index is -0.180. The maximum absolute atomic E-state index is 12.3. The van der Waals surface area contributed by atoms with Crippen molar-refractivity contribution in [2.75, 3.05) is 32.8 Å². The predicted molar refractivity (Wildman–Crippen MR) is 62.2 cm³/mol. The van der Waals surface area contributed by atoms with E-state index in [1.54, 1.807) is 0 Å². The molecule has 17 heavy (non-hydrogen) atoms. The third-order valence-electron chi connectivity index (χ3n) is 3.62. The fourth-order valence-corrected chi connectivity index (χ4v) is 2.58. The summed E-state index contributed by atoms with van der Waals surface area (Å²) in [5.74, 6) is 0.135. The van der Waals surface area contributed by atoms with Crippen molar-refractivity contribution in [3.63, 3.8) is 0 Å². The second-order valence-corrected chi connectivity index (χ2v) is 4.64. The van der Waals surface area contributed by atoms with E-state index >= 15 is 0 Å². The minimum Gasteiger partial charge on any atom is -0.378 e. The number of morpholine rings is 1. The number of ether oxygens (including phenoxy) is 1. The molecule has 2 rings (SSSR count). The van der Waals surface area contributed by atoms with E-state index in [-0.39, 0.29) is 18.0 Å². The molecular formula is C12H19N3O2. The van der Waals surface area contributed by atoms with Crippen molar-refractivity contribution >= 4 is 5.91 Å². The Morgan fingerprint density at radius 2 is 2.12 bits per heavy atom. The summed E-state index contributed by atoms with van der Waals surface area (Å²) < 4.78 is 5.24. The molecule has 2 fully saturated rings. The van der Waals surface area contributed by atoms with Gasteiger partial charge in [0, 0.05) is 19.6 Å². The van der Waals surface area contributed by atoms with Crippen LogP contribution >= 0.6 is 0 Å². The lowest BCUT2D eigenvalue weighted by molar-refractivity contribution is -0.140. The van der Waals surface area contributed by atoms with E-state index in [1.807, 2.05) is 16.7 Å². The molecule has 2 aliphatic heterocycles. The zero-order chi connectivity index (χ0) is 12.3. The molecule has 0 aliphatic carbocycles. The molecule has 1 amide bonds. The van der Waals surface area contributed by atoms with Crippen LogP contribution in [0.25, 0.3) is 0 Å². The van der Waals surface area contributed by atoms with Crippen LogP contribution in [0.4, 0.5) is 0 Å². The molecule has 0 aromatic heterocycles. The zero-order valence-electron chi connectivity index (χ0n) is 10.3. The molecule has 0 radical (unpaired) electrons. The number of nitriles is 1. The van der Waals surface area contributed by atoms with Crippen LogP contribution in [0.1, 0.15) is 19.8 Å². The smallest absolute Gasteiger partial charge is 0.239 e. The van der Waals surface area contributed by atoms with Crippen molar-refractivity contribution in [2.24, 2.45) is 0 Å². The number of nitrogens with zero attached hydrogens (tertiary/aromatic N) is 3. The first-order valence-electron chi connectivity index (χ1n) is 6.26. The van der Waals surface area contributed by atoms with E-state index in [0.29, 0.717) is 26.3 Å². The number of amides is 1. The number of hydrogen-bond acceptors (Lipinski definition) is 4. The van der Waals surface area contributed by atoms with Gasteiger partial charge >= 0.3 is 0 Å². The molecule has 2 atom stereocenters. The maximum atomic E-state index is 12.3. The van der Waals surface area contributed by atoms with E-state index in [2.05, 4.69) is 6.07 Å². The predicted octanol–water partition coefficient (Wildman–Crippen LogP) is 0.222. The summed E-state index contributed by atoms with van der Waals surface area (Å²) in [6.07, 6.45) is 1.90. The Bertz CT molecular complexity index is 320. The third-order valence-corrected chi connectivity index (χ3v) is 3.62. The van der Waals surface area contributed by atoms with Gasteiger partial charge < -0.3 is 9.64 Å². The highest BCUT2D eigenvalue weighted by atomic mass is 16.5. The van der Waals surface area contributed by atoms with E-state index in [9.17, 15) is 4.79 Å². The average Bonchev–Trinajstić information content (AvgIpc) is 2.86. The molecule has 0 aromatic rings. The van der Waals surface area contributed by atoms with Gasteiger partial charge in [-0.25, -0.2) is 0 Å². The van der Waals surface area contributed by atoms with Gasteiger partial charge in [-0.3, -0.25) is 9.69 Å². The molecule has 0 N–H and O–H groups in total. The van der Waals surface area contributed by atoms with Gasteiger partial charge in [0.15, 0.2) is 0 Å². The summed E-state index contributed by atoms with van der Waals surface area (Å²) in [4.78, 5) is 16.1. The van der Waals surface area contributed by atoms with Crippen LogP contribution in [0.2, 0.25) is 0 Å². The van der Waals surface area contributed by atoms with Crippen molar-refractivity contribution in [1.82, 2.24) is 9.80 Å². The number of likely N-dealkylation sites (tertiary alicyclic amines) is 1.